The maximum absolute atomic E-state index is 12.4. The molecule has 2 rings (SSSR count). The van der Waals surface area contributed by atoms with E-state index >= 15 is 0 Å². The van der Waals surface area contributed by atoms with Crippen molar-refractivity contribution in [3.8, 4) is 11.6 Å². The van der Waals surface area contributed by atoms with Crippen LogP contribution in [0.4, 0.5) is 0 Å². The molecule has 110 valence electrons. The van der Waals surface area contributed by atoms with Crippen LogP contribution in [0.25, 0.3) is 0 Å². The summed E-state index contributed by atoms with van der Waals surface area (Å²) < 4.78 is 5.71. The van der Waals surface area contributed by atoms with Gasteiger partial charge in [-0.2, -0.15) is 0 Å². The minimum atomic E-state index is -0.150. The highest BCUT2D eigenvalue weighted by Gasteiger charge is 2.16. The zero-order chi connectivity index (χ0) is 15.1. The maximum atomic E-state index is 12.4. The van der Waals surface area contributed by atoms with Crippen molar-refractivity contribution in [2.45, 2.75) is 32.7 Å². The molecule has 1 N–H and O–H groups in total. The van der Waals surface area contributed by atoms with Gasteiger partial charge in [0.05, 0.1) is 0 Å². The van der Waals surface area contributed by atoms with Gasteiger partial charge in [0.2, 0.25) is 5.88 Å². The van der Waals surface area contributed by atoms with Gasteiger partial charge in [0.25, 0.3) is 5.91 Å². The summed E-state index contributed by atoms with van der Waals surface area (Å²) in [7, 11) is 0. The molecular formula is C17H20N2O2. The van der Waals surface area contributed by atoms with E-state index in [0.29, 0.717) is 17.2 Å². The molecule has 0 radical (unpaired) electrons. The second kappa shape index (κ2) is 7.43. The van der Waals surface area contributed by atoms with Crippen LogP contribution in [0.3, 0.4) is 0 Å². The lowest BCUT2D eigenvalue weighted by molar-refractivity contribution is 0.0932. The second-order valence-electron chi connectivity index (χ2n) is 4.76. The highest BCUT2D eigenvalue weighted by molar-refractivity contribution is 5.96. The Morgan fingerprint density at radius 2 is 1.86 bits per heavy atom. The Morgan fingerprint density at radius 1 is 1.14 bits per heavy atom. The number of carbonyl (C=O) groups excluding carboxylic acids is 1. The molecular weight excluding hydrogens is 264 g/mol. The third-order valence-corrected chi connectivity index (χ3v) is 3.29. The number of ether oxygens (including phenoxy) is 1. The number of para-hydroxylation sites is 1. The van der Waals surface area contributed by atoms with Crippen molar-refractivity contribution in [2.24, 2.45) is 0 Å². The molecule has 0 aliphatic rings. The van der Waals surface area contributed by atoms with E-state index in [1.54, 1.807) is 18.3 Å². The Balaban J connectivity index is 2.18. The van der Waals surface area contributed by atoms with Crippen LogP contribution in [0.15, 0.2) is 48.7 Å². The standard InChI is InChI=1S/C17H20N2O2/c1-3-13(4-2)19-16(20)15-11-8-12-18-17(15)21-14-9-6-5-7-10-14/h5-13H,3-4H2,1-2H3,(H,19,20). The Morgan fingerprint density at radius 3 is 2.52 bits per heavy atom. The molecule has 21 heavy (non-hydrogen) atoms. The summed E-state index contributed by atoms with van der Waals surface area (Å²) in [6.45, 7) is 4.11. The summed E-state index contributed by atoms with van der Waals surface area (Å²) >= 11 is 0. The molecule has 4 heteroatoms. The smallest absolute Gasteiger partial charge is 0.257 e. The van der Waals surface area contributed by atoms with Crippen molar-refractivity contribution in [1.29, 1.82) is 0 Å². The van der Waals surface area contributed by atoms with Gasteiger partial charge in [0.1, 0.15) is 11.3 Å². The summed E-state index contributed by atoms with van der Waals surface area (Å²) in [5, 5.41) is 3.00. The first-order chi connectivity index (χ1) is 10.2. The molecule has 0 atom stereocenters. The summed E-state index contributed by atoms with van der Waals surface area (Å²) in [5.74, 6) is 0.836. The number of rotatable bonds is 6. The van der Waals surface area contributed by atoms with E-state index in [9.17, 15) is 4.79 Å². The minimum absolute atomic E-state index is 0.150. The average molecular weight is 284 g/mol. The normalized spacial score (nSPS) is 10.4. The zero-order valence-electron chi connectivity index (χ0n) is 12.4. The Kier molecular flexibility index (Phi) is 5.32. The van der Waals surface area contributed by atoms with Gasteiger partial charge < -0.3 is 10.1 Å². The third kappa shape index (κ3) is 4.05. The van der Waals surface area contributed by atoms with Gasteiger partial charge in [-0.05, 0) is 37.1 Å². The molecule has 0 aliphatic heterocycles. The third-order valence-electron chi connectivity index (χ3n) is 3.29. The molecule has 2 aromatic rings. The summed E-state index contributed by atoms with van der Waals surface area (Å²) in [5.41, 5.74) is 0.452. The van der Waals surface area contributed by atoms with Crippen molar-refractivity contribution < 1.29 is 9.53 Å². The van der Waals surface area contributed by atoms with E-state index in [0.717, 1.165) is 12.8 Å². The molecule has 1 amide bonds. The predicted molar refractivity (Wildman–Crippen MR) is 82.6 cm³/mol. The van der Waals surface area contributed by atoms with Gasteiger partial charge in [-0.3, -0.25) is 4.79 Å². The van der Waals surface area contributed by atoms with Crippen LogP contribution in [-0.4, -0.2) is 16.9 Å². The van der Waals surface area contributed by atoms with E-state index in [1.807, 2.05) is 30.3 Å². The monoisotopic (exact) mass is 284 g/mol. The van der Waals surface area contributed by atoms with E-state index in [1.165, 1.54) is 0 Å². The maximum Gasteiger partial charge on any atom is 0.257 e. The highest BCUT2D eigenvalue weighted by Crippen LogP contribution is 2.22. The van der Waals surface area contributed by atoms with E-state index in [2.05, 4.69) is 24.1 Å². The van der Waals surface area contributed by atoms with Crippen molar-refractivity contribution >= 4 is 5.91 Å². The number of pyridine rings is 1. The van der Waals surface area contributed by atoms with Gasteiger partial charge in [0.15, 0.2) is 0 Å². The number of amides is 1. The lowest BCUT2D eigenvalue weighted by Gasteiger charge is -2.16. The van der Waals surface area contributed by atoms with Crippen LogP contribution < -0.4 is 10.1 Å². The van der Waals surface area contributed by atoms with Gasteiger partial charge in [-0.1, -0.05) is 32.0 Å². The number of carbonyl (C=O) groups is 1. The van der Waals surface area contributed by atoms with Crippen molar-refractivity contribution in [2.75, 3.05) is 0 Å². The fourth-order valence-electron chi connectivity index (χ4n) is 2.00. The Hall–Kier alpha value is -2.36. The molecule has 4 nitrogen and oxygen atoms in total. The quantitative estimate of drug-likeness (QED) is 0.878. The minimum Gasteiger partial charge on any atom is -0.438 e. The van der Waals surface area contributed by atoms with Crippen molar-refractivity contribution in [1.82, 2.24) is 10.3 Å². The number of nitrogens with zero attached hydrogens (tertiary/aromatic N) is 1. The number of nitrogens with one attached hydrogen (secondary N) is 1. The lowest BCUT2D eigenvalue weighted by atomic mass is 10.1. The molecule has 1 heterocycles. The fourth-order valence-corrected chi connectivity index (χ4v) is 2.00. The zero-order valence-corrected chi connectivity index (χ0v) is 12.4. The molecule has 1 aromatic carbocycles. The van der Waals surface area contributed by atoms with Crippen LogP contribution in [0.5, 0.6) is 11.6 Å². The predicted octanol–water partition coefficient (Wildman–Crippen LogP) is 3.79. The Bertz CT molecular complexity index is 580. The van der Waals surface area contributed by atoms with Crippen molar-refractivity contribution in [3.05, 3.63) is 54.2 Å². The number of hydrogen-bond donors (Lipinski definition) is 1. The highest BCUT2D eigenvalue weighted by atomic mass is 16.5. The summed E-state index contributed by atoms with van der Waals surface area (Å²) in [6.07, 6.45) is 3.42. The van der Waals surface area contributed by atoms with E-state index < -0.39 is 0 Å². The molecule has 0 bridgehead atoms. The van der Waals surface area contributed by atoms with Gasteiger partial charge in [-0.25, -0.2) is 4.98 Å². The number of aromatic nitrogens is 1. The van der Waals surface area contributed by atoms with E-state index in [4.69, 9.17) is 4.74 Å². The number of benzene rings is 1. The molecule has 0 aliphatic carbocycles. The van der Waals surface area contributed by atoms with E-state index in [-0.39, 0.29) is 11.9 Å². The molecule has 0 spiro atoms. The average Bonchev–Trinajstić information content (AvgIpc) is 2.54. The van der Waals surface area contributed by atoms with Gasteiger partial charge >= 0.3 is 0 Å². The molecule has 0 saturated heterocycles. The molecule has 0 unspecified atom stereocenters. The van der Waals surface area contributed by atoms with Gasteiger partial charge in [-0.15, -0.1) is 0 Å². The SMILES string of the molecule is CCC(CC)NC(=O)c1cccnc1Oc1ccccc1. The number of hydrogen-bond acceptors (Lipinski definition) is 3. The lowest BCUT2D eigenvalue weighted by Crippen LogP contribution is -2.34. The topological polar surface area (TPSA) is 51.2 Å². The second-order valence-corrected chi connectivity index (χ2v) is 4.76. The first kappa shape index (κ1) is 15.0. The van der Waals surface area contributed by atoms with Crippen LogP contribution in [0, 0.1) is 0 Å². The largest absolute Gasteiger partial charge is 0.438 e. The molecule has 0 fully saturated rings. The molecule has 0 saturated carbocycles. The van der Waals surface area contributed by atoms with Crippen LogP contribution in [0.1, 0.15) is 37.0 Å². The fraction of sp³-hybridized carbons (Fsp3) is 0.294. The first-order valence-corrected chi connectivity index (χ1v) is 7.23. The summed E-state index contributed by atoms with van der Waals surface area (Å²) in [4.78, 5) is 16.5. The van der Waals surface area contributed by atoms with Gasteiger partial charge in [0, 0.05) is 12.2 Å². The molecule has 1 aromatic heterocycles. The Labute approximate surface area is 125 Å². The van der Waals surface area contributed by atoms with Crippen molar-refractivity contribution in [3.63, 3.8) is 0 Å². The first-order valence-electron chi connectivity index (χ1n) is 7.23. The van der Waals surface area contributed by atoms with Crippen LogP contribution in [0.2, 0.25) is 0 Å². The summed E-state index contributed by atoms with van der Waals surface area (Å²) in [6, 6.07) is 13.0. The van der Waals surface area contributed by atoms with Crippen LogP contribution >= 0.6 is 0 Å². The van der Waals surface area contributed by atoms with Crippen LogP contribution in [-0.2, 0) is 0 Å².